The maximum atomic E-state index is 13.1. The summed E-state index contributed by atoms with van der Waals surface area (Å²) in [6.07, 6.45) is -9.92. The molecular weight excluding hydrogens is 494 g/mol. The minimum atomic E-state index is -4.96. The monoisotopic (exact) mass is 510 g/mol. The topological polar surface area (TPSA) is 77.2 Å². The molecule has 3 aromatic carbocycles. The molecule has 0 radical (unpaired) electrons. The van der Waals surface area contributed by atoms with E-state index in [1.54, 1.807) is 42.5 Å². The molecule has 0 atom stereocenters. The summed E-state index contributed by atoms with van der Waals surface area (Å²) in [4.78, 5) is 25.0. The lowest BCUT2D eigenvalue weighted by Gasteiger charge is -2.15. The highest BCUT2D eigenvalue weighted by atomic mass is 19.4. The molecule has 0 saturated carbocycles. The molecule has 0 fully saturated rings. The van der Waals surface area contributed by atoms with Crippen LogP contribution in [0.3, 0.4) is 0 Å². The SMILES string of the molecule is O=c1[nH]c(=O)n(Cc2ccccc2-c2cccc(OCc3cc(C(F)(F)F)cc(C(F)(F)F)c3)c2)o1. The highest BCUT2D eigenvalue weighted by Crippen LogP contribution is 2.36. The van der Waals surface area contributed by atoms with Gasteiger partial charge in [-0.25, -0.2) is 14.6 Å². The summed E-state index contributed by atoms with van der Waals surface area (Å²) < 4.78 is 89.8. The van der Waals surface area contributed by atoms with Gasteiger partial charge in [0.25, 0.3) is 0 Å². The molecule has 0 bridgehead atoms. The van der Waals surface area contributed by atoms with Crippen molar-refractivity contribution in [3.63, 3.8) is 0 Å². The zero-order valence-electron chi connectivity index (χ0n) is 18.1. The van der Waals surface area contributed by atoms with E-state index in [1.807, 2.05) is 4.98 Å². The molecule has 12 heteroatoms. The van der Waals surface area contributed by atoms with Gasteiger partial charge in [-0.1, -0.05) is 36.4 Å². The maximum Gasteiger partial charge on any atom is 0.440 e. The Morgan fingerprint density at radius 3 is 2.11 bits per heavy atom. The molecule has 1 heterocycles. The van der Waals surface area contributed by atoms with Crippen LogP contribution in [-0.4, -0.2) is 9.72 Å². The van der Waals surface area contributed by atoms with E-state index < -0.39 is 41.5 Å². The Balaban J connectivity index is 1.60. The molecule has 0 unspecified atom stereocenters. The molecule has 0 aliphatic heterocycles. The van der Waals surface area contributed by atoms with Gasteiger partial charge in [0.15, 0.2) is 0 Å². The largest absolute Gasteiger partial charge is 0.489 e. The molecule has 4 aromatic rings. The number of benzene rings is 3. The number of alkyl halides is 6. The number of aromatic amines is 1. The van der Waals surface area contributed by atoms with Crippen LogP contribution < -0.4 is 16.2 Å². The number of aromatic nitrogens is 2. The van der Waals surface area contributed by atoms with E-state index in [0.717, 1.165) is 4.74 Å². The number of hydrogen-bond donors (Lipinski definition) is 1. The van der Waals surface area contributed by atoms with Gasteiger partial charge in [-0.2, -0.15) is 26.3 Å². The van der Waals surface area contributed by atoms with Gasteiger partial charge >= 0.3 is 23.8 Å². The predicted octanol–water partition coefficient (Wildman–Crippen LogP) is 5.46. The van der Waals surface area contributed by atoms with Crippen LogP contribution in [0.15, 0.2) is 80.8 Å². The van der Waals surface area contributed by atoms with Gasteiger partial charge in [-0.3, -0.25) is 0 Å². The Hall–Kier alpha value is -4.22. The van der Waals surface area contributed by atoms with Crippen molar-refractivity contribution in [3.8, 4) is 16.9 Å². The maximum absolute atomic E-state index is 13.1. The van der Waals surface area contributed by atoms with Gasteiger partial charge in [-0.05, 0) is 52.6 Å². The van der Waals surface area contributed by atoms with Gasteiger partial charge in [0.1, 0.15) is 12.4 Å². The number of ether oxygens (including phenoxy) is 1. The lowest BCUT2D eigenvalue weighted by Crippen LogP contribution is -2.17. The Labute approximate surface area is 198 Å². The molecular formula is C24H16F6N2O4. The zero-order valence-corrected chi connectivity index (χ0v) is 18.1. The predicted molar refractivity (Wildman–Crippen MR) is 115 cm³/mol. The molecule has 0 aliphatic carbocycles. The second-order valence-corrected chi connectivity index (χ2v) is 7.73. The van der Waals surface area contributed by atoms with Crippen molar-refractivity contribution >= 4 is 0 Å². The summed E-state index contributed by atoms with van der Waals surface area (Å²) in [5, 5.41) is 0. The van der Waals surface area contributed by atoms with Gasteiger partial charge in [0.2, 0.25) is 0 Å². The van der Waals surface area contributed by atoms with E-state index >= 15 is 0 Å². The van der Waals surface area contributed by atoms with Gasteiger partial charge < -0.3 is 9.26 Å². The summed E-state index contributed by atoms with van der Waals surface area (Å²) >= 11 is 0. The van der Waals surface area contributed by atoms with Crippen LogP contribution in [0.5, 0.6) is 5.75 Å². The highest BCUT2D eigenvalue weighted by Gasteiger charge is 2.36. The zero-order chi connectivity index (χ0) is 26.1. The van der Waals surface area contributed by atoms with Gasteiger partial charge in [-0.15, -0.1) is 4.74 Å². The molecule has 0 aliphatic rings. The van der Waals surface area contributed by atoms with E-state index in [-0.39, 0.29) is 23.9 Å². The third kappa shape index (κ3) is 5.70. The van der Waals surface area contributed by atoms with Crippen LogP contribution >= 0.6 is 0 Å². The van der Waals surface area contributed by atoms with E-state index in [2.05, 4.69) is 0 Å². The number of nitrogens with one attached hydrogen (secondary N) is 1. The molecule has 36 heavy (non-hydrogen) atoms. The van der Waals surface area contributed by atoms with E-state index in [0.29, 0.717) is 28.8 Å². The first-order valence-electron chi connectivity index (χ1n) is 10.3. The van der Waals surface area contributed by atoms with Crippen LogP contribution in [0.4, 0.5) is 26.3 Å². The van der Waals surface area contributed by atoms with Crippen LogP contribution in [-0.2, 0) is 25.5 Å². The smallest absolute Gasteiger partial charge is 0.440 e. The van der Waals surface area contributed by atoms with E-state index in [4.69, 9.17) is 9.26 Å². The van der Waals surface area contributed by atoms with E-state index in [9.17, 15) is 35.9 Å². The quantitative estimate of drug-likeness (QED) is 0.350. The number of H-pyrrole nitrogens is 1. The number of hydrogen-bond acceptors (Lipinski definition) is 4. The lowest BCUT2D eigenvalue weighted by atomic mass is 9.99. The van der Waals surface area contributed by atoms with Crippen molar-refractivity contribution in [2.24, 2.45) is 0 Å². The fraction of sp³-hybridized carbons (Fsp3) is 0.167. The Morgan fingerprint density at radius 1 is 0.833 bits per heavy atom. The van der Waals surface area contributed by atoms with Gasteiger partial charge in [0.05, 0.1) is 17.7 Å². The van der Waals surface area contributed by atoms with Crippen molar-refractivity contribution in [2.75, 3.05) is 0 Å². The fourth-order valence-electron chi connectivity index (χ4n) is 3.54. The lowest BCUT2D eigenvalue weighted by molar-refractivity contribution is -0.143. The molecule has 0 spiro atoms. The van der Waals surface area contributed by atoms with Crippen molar-refractivity contribution in [3.05, 3.63) is 110 Å². The van der Waals surface area contributed by atoms with Crippen molar-refractivity contribution in [1.82, 2.24) is 9.72 Å². The molecule has 4 rings (SSSR count). The summed E-state index contributed by atoms with van der Waals surface area (Å²) in [5.41, 5.74) is -2.05. The second kappa shape index (κ2) is 9.44. The average molecular weight is 510 g/mol. The summed E-state index contributed by atoms with van der Waals surface area (Å²) in [7, 11) is 0. The minimum absolute atomic E-state index is 0.0545. The third-order valence-corrected chi connectivity index (χ3v) is 5.16. The second-order valence-electron chi connectivity index (χ2n) is 7.73. The third-order valence-electron chi connectivity index (χ3n) is 5.16. The van der Waals surface area contributed by atoms with Crippen LogP contribution in [0.1, 0.15) is 22.3 Å². The Morgan fingerprint density at radius 2 is 1.50 bits per heavy atom. The summed E-state index contributed by atoms with van der Waals surface area (Å²) in [6, 6.07) is 14.5. The van der Waals surface area contributed by atoms with Crippen LogP contribution in [0.25, 0.3) is 11.1 Å². The standard InChI is InChI=1S/C24H16F6N2O4/c25-23(26,27)17-8-14(9-18(11-17)24(28,29)30)13-35-19-6-3-5-15(10-19)20-7-2-1-4-16(20)12-32-21(33)31-22(34)36-32/h1-11H,12-13H2,(H,31,33,34). The number of rotatable bonds is 6. The fourth-order valence-corrected chi connectivity index (χ4v) is 3.54. The first kappa shape index (κ1) is 24.9. The van der Waals surface area contributed by atoms with Crippen LogP contribution in [0, 0.1) is 0 Å². The van der Waals surface area contributed by atoms with E-state index in [1.165, 1.54) is 6.07 Å². The van der Waals surface area contributed by atoms with Crippen molar-refractivity contribution in [1.29, 1.82) is 0 Å². The first-order valence-corrected chi connectivity index (χ1v) is 10.3. The normalized spacial score (nSPS) is 12.1. The Bertz CT molecular complexity index is 1470. The minimum Gasteiger partial charge on any atom is -0.489 e. The summed E-state index contributed by atoms with van der Waals surface area (Å²) in [5.74, 6) is -0.713. The highest BCUT2D eigenvalue weighted by molar-refractivity contribution is 5.68. The summed E-state index contributed by atoms with van der Waals surface area (Å²) in [6.45, 7) is -0.606. The van der Waals surface area contributed by atoms with Gasteiger partial charge in [0, 0.05) is 0 Å². The number of halogens is 6. The molecule has 0 amide bonds. The first-order chi connectivity index (χ1) is 16.9. The molecule has 1 N–H and O–H groups in total. The number of nitrogens with zero attached hydrogens (tertiary/aromatic N) is 1. The van der Waals surface area contributed by atoms with Crippen LogP contribution in [0.2, 0.25) is 0 Å². The van der Waals surface area contributed by atoms with Crippen molar-refractivity contribution < 1.29 is 35.6 Å². The Kier molecular flexibility index (Phi) is 6.53. The molecule has 6 nitrogen and oxygen atoms in total. The molecule has 1 aromatic heterocycles. The molecule has 188 valence electrons. The van der Waals surface area contributed by atoms with Crippen molar-refractivity contribution in [2.45, 2.75) is 25.5 Å². The molecule has 0 saturated heterocycles. The average Bonchev–Trinajstić information content (AvgIpc) is 3.13.